The van der Waals surface area contributed by atoms with Crippen LogP contribution in [-0.4, -0.2) is 80.8 Å². The molecule has 3 rings (SSSR count). The van der Waals surface area contributed by atoms with Crippen LogP contribution in [0.25, 0.3) is 0 Å². The maximum Gasteiger partial charge on any atom is 0.193 e. The largest absolute Gasteiger partial charge is 0.381 e. The Hall–Kier alpha value is -0.900. The van der Waals surface area contributed by atoms with Crippen molar-refractivity contribution in [3.8, 4) is 0 Å². The van der Waals surface area contributed by atoms with Gasteiger partial charge in [-0.25, -0.2) is 0 Å². The summed E-state index contributed by atoms with van der Waals surface area (Å²) >= 11 is 0. The molecule has 1 aromatic carbocycles. The van der Waals surface area contributed by atoms with Gasteiger partial charge in [-0.3, -0.25) is 9.89 Å². The zero-order chi connectivity index (χ0) is 21.4. The summed E-state index contributed by atoms with van der Waals surface area (Å²) in [6.45, 7) is 14.8. The van der Waals surface area contributed by atoms with Crippen molar-refractivity contribution >= 4 is 29.9 Å². The Kier molecular flexibility index (Phi) is 11.0. The first kappa shape index (κ1) is 26.4. The van der Waals surface area contributed by atoms with Crippen LogP contribution >= 0.6 is 24.0 Å². The van der Waals surface area contributed by atoms with Crippen LogP contribution in [0, 0.1) is 5.92 Å². The fourth-order valence-electron chi connectivity index (χ4n) is 4.66. The Morgan fingerprint density at radius 2 is 1.71 bits per heavy atom. The Bertz CT molecular complexity index is 655. The van der Waals surface area contributed by atoms with Crippen molar-refractivity contribution in [2.75, 3.05) is 59.5 Å². The standard InChI is InChI=1S/C24H41N5O.HI/c1-20(2)18-28-12-14-29(15-13-28)23(25-4)26-19-24(10-16-30-17-11-24)27-21(3)22-8-6-5-7-9-22;/h5-9,20-21,27H,10-19H2,1-4H3,(H,25,26);1H. The molecule has 1 atom stereocenters. The molecule has 0 radical (unpaired) electrons. The van der Waals surface area contributed by atoms with E-state index in [1.54, 1.807) is 0 Å². The third-order valence-electron chi connectivity index (χ3n) is 6.36. The van der Waals surface area contributed by atoms with E-state index in [9.17, 15) is 0 Å². The number of nitrogens with zero attached hydrogens (tertiary/aromatic N) is 3. The summed E-state index contributed by atoms with van der Waals surface area (Å²) < 4.78 is 5.69. The van der Waals surface area contributed by atoms with Crippen LogP contribution < -0.4 is 10.6 Å². The van der Waals surface area contributed by atoms with Gasteiger partial charge in [-0.05, 0) is 31.2 Å². The first-order valence-corrected chi connectivity index (χ1v) is 11.6. The summed E-state index contributed by atoms with van der Waals surface area (Å²) in [7, 11) is 1.90. The molecule has 7 heteroatoms. The van der Waals surface area contributed by atoms with E-state index in [0.29, 0.717) is 6.04 Å². The number of guanidine groups is 1. The lowest BCUT2D eigenvalue weighted by Crippen LogP contribution is -2.60. The molecule has 0 aliphatic carbocycles. The minimum atomic E-state index is 0. The highest BCUT2D eigenvalue weighted by Gasteiger charge is 2.34. The molecular formula is C24H42IN5O. The molecule has 31 heavy (non-hydrogen) atoms. The van der Waals surface area contributed by atoms with Gasteiger partial charge < -0.3 is 20.3 Å². The molecule has 0 amide bonds. The number of hydrogen-bond donors (Lipinski definition) is 2. The number of halogens is 1. The van der Waals surface area contributed by atoms with Gasteiger partial charge in [0.2, 0.25) is 0 Å². The van der Waals surface area contributed by atoms with Gasteiger partial charge in [0.05, 0.1) is 0 Å². The number of piperazine rings is 1. The monoisotopic (exact) mass is 543 g/mol. The lowest BCUT2D eigenvalue weighted by atomic mass is 9.88. The second-order valence-corrected chi connectivity index (χ2v) is 9.25. The van der Waals surface area contributed by atoms with E-state index in [4.69, 9.17) is 4.74 Å². The number of nitrogens with one attached hydrogen (secondary N) is 2. The van der Waals surface area contributed by atoms with Crippen molar-refractivity contribution in [1.29, 1.82) is 0 Å². The van der Waals surface area contributed by atoms with Crippen molar-refractivity contribution in [3.63, 3.8) is 0 Å². The zero-order valence-electron chi connectivity index (χ0n) is 19.8. The molecule has 2 aliphatic rings. The van der Waals surface area contributed by atoms with Crippen LogP contribution in [0.5, 0.6) is 0 Å². The zero-order valence-corrected chi connectivity index (χ0v) is 22.1. The maximum absolute atomic E-state index is 5.69. The molecule has 0 spiro atoms. The van der Waals surface area contributed by atoms with Gasteiger partial charge >= 0.3 is 0 Å². The minimum Gasteiger partial charge on any atom is -0.381 e. The van der Waals surface area contributed by atoms with E-state index in [1.807, 2.05) is 7.05 Å². The normalized spacial score (nSPS) is 20.9. The second kappa shape index (κ2) is 13.0. The van der Waals surface area contributed by atoms with Crippen molar-refractivity contribution in [2.45, 2.75) is 45.2 Å². The van der Waals surface area contributed by atoms with Gasteiger partial charge in [-0.2, -0.15) is 0 Å². The van der Waals surface area contributed by atoms with Crippen LogP contribution in [0.15, 0.2) is 35.3 Å². The molecule has 0 bridgehead atoms. The van der Waals surface area contributed by atoms with E-state index in [1.165, 1.54) is 12.1 Å². The molecule has 1 aromatic rings. The van der Waals surface area contributed by atoms with Crippen molar-refractivity contribution in [1.82, 2.24) is 20.4 Å². The predicted octanol–water partition coefficient (Wildman–Crippen LogP) is 3.35. The topological polar surface area (TPSA) is 52.1 Å². The van der Waals surface area contributed by atoms with Gasteiger partial charge in [0.15, 0.2) is 5.96 Å². The summed E-state index contributed by atoms with van der Waals surface area (Å²) in [6.07, 6.45) is 2.02. The summed E-state index contributed by atoms with van der Waals surface area (Å²) in [5.74, 6) is 1.75. The number of hydrogen-bond acceptors (Lipinski definition) is 4. The molecule has 0 aromatic heterocycles. The van der Waals surface area contributed by atoms with Crippen LogP contribution in [-0.2, 0) is 4.74 Å². The fraction of sp³-hybridized carbons (Fsp3) is 0.708. The van der Waals surface area contributed by atoms with E-state index >= 15 is 0 Å². The van der Waals surface area contributed by atoms with Gasteiger partial charge in [0, 0.05) is 71.1 Å². The molecule has 2 aliphatic heterocycles. The summed E-state index contributed by atoms with van der Waals surface area (Å²) in [5.41, 5.74) is 1.34. The van der Waals surface area contributed by atoms with Crippen molar-refractivity contribution in [2.24, 2.45) is 10.9 Å². The Morgan fingerprint density at radius 3 is 2.29 bits per heavy atom. The Morgan fingerprint density at radius 1 is 1.06 bits per heavy atom. The number of benzene rings is 1. The first-order chi connectivity index (χ1) is 14.5. The molecule has 0 saturated carbocycles. The molecule has 1 unspecified atom stereocenters. The highest BCUT2D eigenvalue weighted by atomic mass is 127. The van der Waals surface area contributed by atoms with Crippen LogP contribution in [0.3, 0.4) is 0 Å². The SMILES string of the molecule is CN=C(NCC1(NC(C)c2ccccc2)CCOCC1)N1CCN(CC(C)C)CC1.I. The van der Waals surface area contributed by atoms with E-state index in [2.05, 4.69) is 76.5 Å². The highest BCUT2D eigenvalue weighted by molar-refractivity contribution is 14.0. The average Bonchev–Trinajstić information content (AvgIpc) is 2.76. The van der Waals surface area contributed by atoms with E-state index < -0.39 is 0 Å². The lowest BCUT2D eigenvalue weighted by Gasteiger charge is -2.42. The second-order valence-electron chi connectivity index (χ2n) is 9.25. The maximum atomic E-state index is 5.69. The highest BCUT2D eigenvalue weighted by Crippen LogP contribution is 2.25. The lowest BCUT2D eigenvalue weighted by molar-refractivity contribution is 0.0351. The van der Waals surface area contributed by atoms with Crippen LogP contribution in [0.4, 0.5) is 0 Å². The third-order valence-corrected chi connectivity index (χ3v) is 6.36. The quantitative estimate of drug-likeness (QED) is 0.314. The summed E-state index contributed by atoms with van der Waals surface area (Å²) in [6, 6.07) is 11.0. The Balaban J connectivity index is 0.00000341. The summed E-state index contributed by atoms with van der Waals surface area (Å²) in [5, 5.41) is 7.64. The van der Waals surface area contributed by atoms with Crippen LogP contribution in [0.2, 0.25) is 0 Å². The molecule has 2 saturated heterocycles. The van der Waals surface area contributed by atoms with E-state index in [0.717, 1.165) is 70.7 Å². The molecule has 2 heterocycles. The van der Waals surface area contributed by atoms with E-state index in [-0.39, 0.29) is 29.5 Å². The average molecular weight is 544 g/mol. The molecule has 176 valence electrons. The number of ether oxygens (including phenoxy) is 1. The number of aliphatic imine (C=N–C) groups is 1. The van der Waals surface area contributed by atoms with Gasteiger partial charge in [-0.15, -0.1) is 24.0 Å². The molecule has 6 nitrogen and oxygen atoms in total. The van der Waals surface area contributed by atoms with Gasteiger partial charge in [0.25, 0.3) is 0 Å². The van der Waals surface area contributed by atoms with Crippen LogP contribution in [0.1, 0.15) is 45.2 Å². The van der Waals surface area contributed by atoms with Crippen molar-refractivity contribution < 1.29 is 4.74 Å². The Labute approximate surface area is 206 Å². The minimum absolute atomic E-state index is 0. The van der Waals surface area contributed by atoms with Gasteiger partial charge in [-0.1, -0.05) is 44.2 Å². The van der Waals surface area contributed by atoms with Crippen molar-refractivity contribution in [3.05, 3.63) is 35.9 Å². The molecule has 2 N–H and O–H groups in total. The fourth-order valence-corrected chi connectivity index (χ4v) is 4.66. The van der Waals surface area contributed by atoms with Gasteiger partial charge in [0.1, 0.15) is 0 Å². The third kappa shape index (κ3) is 7.87. The first-order valence-electron chi connectivity index (χ1n) is 11.6. The smallest absolute Gasteiger partial charge is 0.193 e. The molecular weight excluding hydrogens is 501 g/mol. The predicted molar refractivity (Wildman–Crippen MR) is 140 cm³/mol. The number of rotatable bonds is 7. The summed E-state index contributed by atoms with van der Waals surface area (Å²) in [4.78, 5) is 9.58. The molecule has 2 fully saturated rings.